The number of aromatic nitrogens is 2. The number of imidazole rings is 1. The number of hydrogen-bond acceptors (Lipinski definition) is 4. The Kier molecular flexibility index (Phi) is 7.26. The maximum Gasteiger partial charge on any atom is 0.269 e. The number of non-ortho nitro benzene ring substituents is 1. The zero-order valence-corrected chi connectivity index (χ0v) is 21.5. The zero-order chi connectivity index (χ0) is 26.6. The molecule has 0 radical (unpaired) electrons. The molecule has 0 amide bonds. The normalized spacial score (nSPS) is 11.2. The van der Waals surface area contributed by atoms with E-state index in [1.165, 1.54) is 12.1 Å². The molecular formula is C30H21Cl2N3O3. The molecule has 188 valence electrons. The van der Waals surface area contributed by atoms with Crippen LogP contribution in [-0.2, 0) is 6.54 Å². The molecule has 1 aromatic heterocycles. The monoisotopic (exact) mass is 541 g/mol. The van der Waals surface area contributed by atoms with Crippen LogP contribution < -0.4 is 0 Å². The standard InChI is InChI=1S/C30H21Cl2N3O3/c31-22-11-14-26(27(32)17-22)28-19-34(18-20-9-12-23(13-10-20)35(37)38)30(33-28)16-15-25-24(7-4-8-29(25)36)21-5-2-1-3-6-21/h1-17,19,36H,18H2/b16-15+. The molecule has 0 saturated heterocycles. The summed E-state index contributed by atoms with van der Waals surface area (Å²) in [4.78, 5) is 15.5. The summed E-state index contributed by atoms with van der Waals surface area (Å²) < 4.78 is 1.93. The molecule has 5 aromatic rings. The Balaban J connectivity index is 1.57. The van der Waals surface area contributed by atoms with E-state index in [4.69, 9.17) is 28.2 Å². The van der Waals surface area contributed by atoms with Gasteiger partial charge in [0.25, 0.3) is 5.69 Å². The van der Waals surface area contributed by atoms with E-state index in [0.717, 1.165) is 22.3 Å². The van der Waals surface area contributed by atoms with Gasteiger partial charge in [0, 0.05) is 41.0 Å². The van der Waals surface area contributed by atoms with E-state index < -0.39 is 4.92 Å². The molecule has 38 heavy (non-hydrogen) atoms. The molecule has 0 aliphatic rings. The Morgan fingerprint density at radius 3 is 2.37 bits per heavy atom. The Morgan fingerprint density at radius 1 is 0.895 bits per heavy atom. The number of halogens is 2. The van der Waals surface area contributed by atoms with Crippen molar-refractivity contribution in [1.29, 1.82) is 0 Å². The number of benzene rings is 4. The van der Waals surface area contributed by atoms with Crippen LogP contribution in [0.3, 0.4) is 0 Å². The molecule has 0 bridgehead atoms. The third kappa shape index (κ3) is 5.47. The van der Waals surface area contributed by atoms with Gasteiger partial charge in [-0.05, 0) is 53.1 Å². The number of aromatic hydroxyl groups is 1. The van der Waals surface area contributed by atoms with Crippen LogP contribution in [-0.4, -0.2) is 19.6 Å². The van der Waals surface area contributed by atoms with Gasteiger partial charge in [-0.25, -0.2) is 4.98 Å². The van der Waals surface area contributed by atoms with Crippen LogP contribution in [0.1, 0.15) is 17.0 Å². The maximum absolute atomic E-state index is 11.1. The lowest BCUT2D eigenvalue weighted by atomic mass is 9.98. The number of nitro groups is 1. The van der Waals surface area contributed by atoms with Crippen molar-refractivity contribution in [3.63, 3.8) is 0 Å². The number of hydrogen-bond donors (Lipinski definition) is 1. The molecular weight excluding hydrogens is 521 g/mol. The third-order valence-corrected chi connectivity index (χ3v) is 6.63. The van der Waals surface area contributed by atoms with Gasteiger partial charge in [0.05, 0.1) is 15.6 Å². The summed E-state index contributed by atoms with van der Waals surface area (Å²) in [6, 6.07) is 26.9. The highest BCUT2D eigenvalue weighted by atomic mass is 35.5. The number of phenolic OH excluding ortho intramolecular Hbond substituents is 1. The molecule has 0 aliphatic carbocycles. The van der Waals surface area contributed by atoms with Crippen LogP contribution in [0.2, 0.25) is 10.0 Å². The fraction of sp³-hybridized carbons (Fsp3) is 0.0333. The van der Waals surface area contributed by atoms with E-state index in [2.05, 4.69) is 0 Å². The van der Waals surface area contributed by atoms with E-state index in [9.17, 15) is 15.2 Å². The first kappa shape index (κ1) is 25.3. The van der Waals surface area contributed by atoms with Gasteiger partial charge in [0.15, 0.2) is 0 Å². The molecule has 0 spiro atoms. The first-order valence-electron chi connectivity index (χ1n) is 11.7. The Labute approximate surface area is 229 Å². The van der Waals surface area contributed by atoms with Crippen LogP contribution in [0, 0.1) is 10.1 Å². The second-order valence-corrected chi connectivity index (χ2v) is 9.44. The first-order valence-corrected chi connectivity index (χ1v) is 12.5. The molecule has 0 fully saturated rings. The minimum absolute atomic E-state index is 0.0288. The van der Waals surface area contributed by atoms with Gasteiger partial charge in [-0.15, -0.1) is 0 Å². The highest BCUT2D eigenvalue weighted by Crippen LogP contribution is 2.33. The number of rotatable bonds is 7. The Bertz CT molecular complexity index is 1650. The van der Waals surface area contributed by atoms with Gasteiger partial charge in [0.2, 0.25) is 0 Å². The predicted octanol–water partition coefficient (Wildman–Crippen LogP) is 8.36. The molecule has 6 nitrogen and oxygen atoms in total. The summed E-state index contributed by atoms with van der Waals surface area (Å²) in [6.45, 7) is 0.419. The van der Waals surface area contributed by atoms with E-state index in [0.29, 0.717) is 33.7 Å². The Hall–Kier alpha value is -4.39. The lowest BCUT2D eigenvalue weighted by Gasteiger charge is -2.09. The minimum Gasteiger partial charge on any atom is -0.507 e. The molecule has 0 atom stereocenters. The second kappa shape index (κ2) is 10.9. The van der Waals surface area contributed by atoms with Crippen LogP contribution in [0.25, 0.3) is 34.5 Å². The maximum atomic E-state index is 11.1. The fourth-order valence-corrected chi connectivity index (χ4v) is 4.70. The SMILES string of the molecule is O=[N+]([O-])c1ccc(Cn2cc(-c3ccc(Cl)cc3Cl)nc2/C=C/c2c(O)cccc2-c2ccccc2)cc1. The smallest absolute Gasteiger partial charge is 0.269 e. The fourth-order valence-electron chi connectivity index (χ4n) is 4.19. The van der Waals surface area contributed by atoms with E-state index >= 15 is 0 Å². The average molecular weight is 542 g/mol. The lowest BCUT2D eigenvalue weighted by Crippen LogP contribution is -2.01. The predicted molar refractivity (Wildman–Crippen MR) is 152 cm³/mol. The summed E-state index contributed by atoms with van der Waals surface area (Å²) in [7, 11) is 0. The van der Waals surface area contributed by atoms with E-state index in [1.54, 1.807) is 30.3 Å². The zero-order valence-electron chi connectivity index (χ0n) is 20.0. The molecule has 0 saturated carbocycles. The summed E-state index contributed by atoms with van der Waals surface area (Å²) >= 11 is 12.6. The molecule has 1 heterocycles. The molecule has 0 aliphatic heterocycles. The molecule has 8 heteroatoms. The van der Waals surface area contributed by atoms with Crippen LogP contribution >= 0.6 is 23.2 Å². The van der Waals surface area contributed by atoms with Crippen molar-refractivity contribution in [2.24, 2.45) is 0 Å². The van der Waals surface area contributed by atoms with Gasteiger partial charge in [-0.3, -0.25) is 10.1 Å². The van der Waals surface area contributed by atoms with Crippen molar-refractivity contribution in [2.45, 2.75) is 6.54 Å². The second-order valence-electron chi connectivity index (χ2n) is 8.60. The minimum atomic E-state index is -0.424. The first-order chi connectivity index (χ1) is 18.4. The quantitative estimate of drug-likeness (QED) is 0.166. The summed E-state index contributed by atoms with van der Waals surface area (Å²) in [5.41, 5.74) is 4.79. The average Bonchev–Trinajstić information content (AvgIpc) is 3.30. The van der Waals surface area contributed by atoms with Crippen LogP contribution in [0.15, 0.2) is 97.2 Å². The molecule has 0 unspecified atom stereocenters. The molecule has 5 rings (SSSR count). The third-order valence-electron chi connectivity index (χ3n) is 6.08. The largest absolute Gasteiger partial charge is 0.507 e. The summed E-state index contributed by atoms with van der Waals surface area (Å²) in [6.07, 6.45) is 5.54. The van der Waals surface area contributed by atoms with Crippen molar-refractivity contribution in [2.75, 3.05) is 0 Å². The van der Waals surface area contributed by atoms with Crippen molar-refractivity contribution in [1.82, 2.24) is 9.55 Å². The topological polar surface area (TPSA) is 81.2 Å². The highest BCUT2D eigenvalue weighted by Gasteiger charge is 2.14. The number of nitrogens with zero attached hydrogens (tertiary/aromatic N) is 3. The highest BCUT2D eigenvalue weighted by molar-refractivity contribution is 6.36. The van der Waals surface area contributed by atoms with Gasteiger partial charge in [0.1, 0.15) is 11.6 Å². The number of phenols is 1. The van der Waals surface area contributed by atoms with Crippen molar-refractivity contribution >= 4 is 41.0 Å². The number of nitro benzene ring substituents is 1. The molecule has 4 aromatic carbocycles. The van der Waals surface area contributed by atoms with Crippen molar-refractivity contribution in [3.8, 4) is 28.1 Å². The van der Waals surface area contributed by atoms with E-state index in [-0.39, 0.29) is 11.4 Å². The summed E-state index contributed by atoms with van der Waals surface area (Å²) in [5.74, 6) is 0.767. The lowest BCUT2D eigenvalue weighted by molar-refractivity contribution is -0.384. The van der Waals surface area contributed by atoms with Crippen molar-refractivity contribution in [3.05, 3.63) is 134 Å². The van der Waals surface area contributed by atoms with Crippen LogP contribution in [0.5, 0.6) is 5.75 Å². The van der Waals surface area contributed by atoms with Gasteiger partial charge in [-0.1, -0.05) is 77.8 Å². The van der Waals surface area contributed by atoms with Gasteiger partial charge in [-0.2, -0.15) is 0 Å². The van der Waals surface area contributed by atoms with Gasteiger partial charge >= 0.3 is 0 Å². The van der Waals surface area contributed by atoms with Crippen molar-refractivity contribution < 1.29 is 10.0 Å². The van der Waals surface area contributed by atoms with Crippen LogP contribution in [0.4, 0.5) is 5.69 Å². The summed E-state index contributed by atoms with van der Waals surface area (Å²) in [5, 5.41) is 22.7. The molecule has 1 N–H and O–H groups in total. The van der Waals surface area contributed by atoms with E-state index in [1.807, 2.05) is 71.4 Å². The Morgan fingerprint density at radius 2 is 1.66 bits per heavy atom. The van der Waals surface area contributed by atoms with Gasteiger partial charge < -0.3 is 9.67 Å².